The Kier molecular flexibility index (Phi) is 6.79. The summed E-state index contributed by atoms with van der Waals surface area (Å²) < 4.78 is 31.4. The molecule has 146 valence electrons. The molecule has 26 heavy (non-hydrogen) atoms. The van der Waals surface area contributed by atoms with Crippen LogP contribution in [0.2, 0.25) is 0 Å². The molecule has 0 saturated heterocycles. The molecular weight excluding hydrogens is 358 g/mol. The molecule has 2 atom stereocenters. The maximum atomic E-state index is 12.0. The number of nitrogens with zero attached hydrogens (tertiary/aromatic N) is 2. The number of rotatable bonds is 10. The van der Waals surface area contributed by atoms with E-state index < -0.39 is 15.9 Å². The van der Waals surface area contributed by atoms with Crippen LogP contribution in [0.1, 0.15) is 30.6 Å². The number of hydrogen-bond acceptors (Lipinski definition) is 7. The van der Waals surface area contributed by atoms with Gasteiger partial charge in [0.05, 0.1) is 12.4 Å². The molecule has 4 N–H and O–H groups in total. The number of ether oxygens (including phenoxy) is 1. The van der Waals surface area contributed by atoms with Crippen LogP contribution in [-0.4, -0.2) is 51.9 Å². The quantitative estimate of drug-likeness (QED) is 0.305. The molecule has 1 amide bonds. The maximum absolute atomic E-state index is 12.0. The average molecular weight is 385 g/mol. The minimum atomic E-state index is -3.52. The maximum Gasteiger partial charge on any atom is 0.265 e. The van der Waals surface area contributed by atoms with Gasteiger partial charge in [-0.05, 0) is 37.3 Å². The van der Waals surface area contributed by atoms with Crippen molar-refractivity contribution >= 4 is 27.6 Å². The number of carbonyl (C=O) groups is 1. The van der Waals surface area contributed by atoms with E-state index in [2.05, 4.69) is 22.1 Å². The Bertz CT molecular complexity index is 740. The summed E-state index contributed by atoms with van der Waals surface area (Å²) in [6, 6.07) is 2.97. The minimum absolute atomic E-state index is 0.0919. The van der Waals surface area contributed by atoms with Crippen molar-refractivity contribution in [2.75, 3.05) is 42.2 Å². The monoisotopic (exact) mass is 385 g/mol. The fourth-order valence-corrected chi connectivity index (χ4v) is 3.18. The lowest BCUT2D eigenvalue weighted by atomic mass is 10.2. The lowest BCUT2D eigenvalue weighted by Gasteiger charge is -2.24. The number of sulfonamides is 1. The molecule has 0 spiro atoms. The number of anilines is 2. The normalized spacial score (nSPS) is 19.1. The highest BCUT2D eigenvalue weighted by molar-refractivity contribution is 7.92. The summed E-state index contributed by atoms with van der Waals surface area (Å²) >= 11 is 0. The largest absolute Gasteiger partial charge is 0.383 e. The van der Waals surface area contributed by atoms with Crippen LogP contribution >= 0.6 is 0 Å². The van der Waals surface area contributed by atoms with Gasteiger partial charge in [-0.25, -0.2) is 19.2 Å². The highest BCUT2D eigenvalue weighted by atomic mass is 32.2. The van der Waals surface area contributed by atoms with Gasteiger partial charge in [0.15, 0.2) is 0 Å². The fraction of sp³-hybridized carbons (Fsp3) is 0.625. The summed E-state index contributed by atoms with van der Waals surface area (Å²) in [7, 11) is -1.90. The first-order chi connectivity index (χ1) is 12.3. The molecule has 1 heterocycles. The Hall–Kier alpha value is -1.91. The van der Waals surface area contributed by atoms with Crippen LogP contribution in [0, 0.1) is 11.8 Å². The predicted octanol–water partition coefficient (Wildman–Crippen LogP) is 0.556. The lowest BCUT2D eigenvalue weighted by Crippen LogP contribution is -2.33. The van der Waals surface area contributed by atoms with Crippen molar-refractivity contribution in [2.24, 2.45) is 17.7 Å². The molecular formula is C16H27N5O4S. The van der Waals surface area contributed by atoms with Crippen molar-refractivity contribution in [3.8, 4) is 0 Å². The van der Waals surface area contributed by atoms with Crippen molar-refractivity contribution in [3.05, 3.63) is 17.7 Å². The van der Waals surface area contributed by atoms with E-state index in [1.807, 2.05) is 4.90 Å². The number of hydrogen-bond donors (Lipinski definition) is 3. The van der Waals surface area contributed by atoms with Crippen molar-refractivity contribution in [1.82, 2.24) is 10.4 Å². The number of aromatic nitrogens is 1. The SMILES string of the molecule is CCS(=O)(=O)Nc1cc(C(=O)NN)cc(N(CCOC)CC2CC2C)n1. The van der Waals surface area contributed by atoms with E-state index in [1.165, 1.54) is 13.0 Å². The summed E-state index contributed by atoms with van der Waals surface area (Å²) in [6.45, 7) is 5.56. The molecule has 2 rings (SSSR count). The van der Waals surface area contributed by atoms with Crippen molar-refractivity contribution in [3.63, 3.8) is 0 Å². The van der Waals surface area contributed by atoms with Gasteiger partial charge in [0.25, 0.3) is 5.91 Å². The van der Waals surface area contributed by atoms with Gasteiger partial charge in [0.1, 0.15) is 11.6 Å². The number of amides is 1. The van der Waals surface area contributed by atoms with Gasteiger partial charge in [-0.2, -0.15) is 0 Å². The number of nitrogen functional groups attached to an aromatic ring is 1. The van der Waals surface area contributed by atoms with E-state index in [0.29, 0.717) is 30.8 Å². The number of carbonyl (C=O) groups excluding carboxylic acids is 1. The Morgan fingerprint density at radius 2 is 2.15 bits per heavy atom. The van der Waals surface area contributed by atoms with Crippen LogP contribution in [0.15, 0.2) is 12.1 Å². The lowest BCUT2D eigenvalue weighted by molar-refractivity contribution is 0.0953. The first kappa shape index (κ1) is 20.4. The molecule has 0 aliphatic heterocycles. The average Bonchev–Trinajstić information content (AvgIpc) is 3.31. The zero-order valence-electron chi connectivity index (χ0n) is 15.4. The van der Waals surface area contributed by atoms with E-state index in [1.54, 1.807) is 13.2 Å². The summed E-state index contributed by atoms with van der Waals surface area (Å²) in [5.74, 6) is 6.42. The van der Waals surface area contributed by atoms with Crippen LogP contribution in [0.25, 0.3) is 0 Å². The van der Waals surface area contributed by atoms with Gasteiger partial charge < -0.3 is 9.64 Å². The predicted molar refractivity (Wildman–Crippen MR) is 100 cm³/mol. The third-order valence-electron chi connectivity index (χ3n) is 4.47. The summed E-state index contributed by atoms with van der Waals surface area (Å²) in [5.41, 5.74) is 2.30. The Morgan fingerprint density at radius 1 is 1.46 bits per heavy atom. The van der Waals surface area contributed by atoms with Crippen LogP contribution < -0.4 is 20.9 Å². The molecule has 1 saturated carbocycles. The second-order valence-electron chi connectivity index (χ2n) is 6.49. The summed E-state index contributed by atoms with van der Waals surface area (Å²) in [5, 5.41) is 0. The second kappa shape index (κ2) is 8.65. The molecule has 1 fully saturated rings. The zero-order valence-corrected chi connectivity index (χ0v) is 16.2. The van der Waals surface area contributed by atoms with Gasteiger partial charge in [-0.3, -0.25) is 14.9 Å². The molecule has 0 bridgehead atoms. The highest BCUT2D eigenvalue weighted by Crippen LogP contribution is 2.39. The number of pyridine rings is 1. The van der Waals surface area contributed by atoms with Crippen LogP contribution in [-0.2, 0) is 14.8 Å². The Morgan fingerprint density at radius 3 is 2.69 bits per heavy atom. The van der Waals surface area contributed by atoms with Gasteiger partial charge in [-0.15, -0.1) is 0 Å². The highest BCUT2D eigenvalue weighted by Gasteiger charge is 2.34. The molecule has 0 aromatic carbocycles. The summed E-state index contributed by atoms with van der Waals surface area (Å²) in [6.07, 6.45) is 1.14. The van der Waals surface area contributed by atoms with Crippen molar-refractivity contribution in [1.29, 1.82) is 0 Å². The molecule has 9 nitrogen and oxygen atoms in total. The van der Waals surface area contributed by atoms with Gasteiger partial charge in [-0.1, -0.05) is 6.92 Å². The molecule has 1 aromatic rings. The first-order valence-electron chi connectivity index (χ1n) is 8.57. The standard InChI is InChI=1S/C16H27N5O4S/c1-4-26(23,24)20-14-8-12(16(22)19-17)9-15(18-14)21(5-6-25-3)10-13-7-11(13)2/h8-9,11,13H,4-7,10,17H2,1-3H3,(H,18,20)(H,19,22). The smallest absolute Gasteiger partial charge is 0.265 e. The van der Waals surface area contributed by atoms with Crippen LogP contribution in [0.5, 0.6) is 0 Å². The fourth-order valence-electron chi connectivity index (χ4n) is 2.61. The van der Waals surface area contributed by atoms with E-state index in [-0.39, 0.29) is 17.1 Å². The third kappa shape index (κ3) is 5.55. The van der Waals surface area contributed by atoms with E-state index in [4.69, 9.17) is 10.6 Å². The molecule has 1 aliphatic rings. The van der Waals surface area contributed by atoms with Crippen molar-refractivity contribution < 1.29 is 17.9 Å². The zero-order chi connectivity index (χ0) is 19.3. The number of nitrogens with one attached hydrogen (secondary N) is 2. The van der Waals surface area contributed by atoms with Crippen LogP contribution in [0.3, 0.4) is 0 Å². The number of nitrogens with two attached hydrogens (primary N) is 1. The van der Waals surface area contributed by atoms with Gasteiger partial charge in [0, 0.05) is 25.8 Å². The first-order valence-corrected chi connectivity index (χ1v) is 10.2. The van der Waals surface area contributed by atoms with Gasteiger partial charge in [0.2, 0.25) is 10.0 Å². The summed E-state index contributed by atoms with van der Waals surface area (Å²) in [4.78, 5) is 18.4. The molecule has 1 aliphatic carbocycles. The molecule has 1 aromatic heterocycles. The van der Waals surface area contributed by atoms with Crippen LogP contribution in [0.4, 0.5) is 11.6 Å². The number of methoxy groups -OCH3 is 1. The minimum Gasteiger partial charge on any atom is -0.383 e. The molecule has 2 unspecified atom stereocenters. The second-order valence-corrected chi connectivity index (χ2v) is 8.50. The van der Waals surface area contributed by atoms with Gasteiger partial charge >= 0.3 is 0 Å². The molecule has 10 heteroatoms. The van der Waals surface area contributed by atoms with Crippen molar-refractivity contribution in [2.45, 2.75) is 20.3 Å². The Labute approximate surface area is 154 Å². The topological polar surface area (TPSA) is 127 Å². The van der Waals surface area contributed by atoms with E-state index in [9.17, 15) is 13.2 Å². The number of hydrazine groups is 1. The molecule has 0 radical (unpaired) electrons. The Balaban J connectivity index is 2.36. The van der Waals surface area contributed by atoms with E-state index in [0.717, 1.165) is 13.0 Å². The third-order valence-corrected chi connectivity index (χ3v) is 5.75. The van der Waals surface area contributed by atoms with E-state index >= 15 is 0 Å².